The summed E-state index contributed by atoms with van der Waals surface area (Å²) < 4.78 is 34.4. The van der Waals surface area contributed by atoms with Crippen LogP contribution in [0, 0.1) is 5.92 Å². The molecular formula is C28H27N3O6S. The van der Waals surface area contributed by atoms with Crippen molar-refractivity contribution < 1.29 is 27.9 Å². The van der Waals surface area contributed by atoms with Crippen LogP contribution in [0.15, 0.2) is 77.7 Å². The van der Waals surface area contributed by atoms with Gasteiger partial charge in [0.2, 0.25) is 10.0 Å². The smallest absolute Gasteiger partial charge is 0.335 e. The average Bonchev–Trinajstić information content (AvgIpc) is 3.36. The first-order valence-electron chi connectivity index (χ1n) is 12.3. The summed E-state index contributed by atoms with van der Waals surface area (Å²) in [4.78, 5) is 31.4. The average molecular weight is 534 g/mol. The fraction of sp³-hybridized carbons (Fsp3) is 0.250. The number of sulfonamides is 1. The summed E-state index contributed by atoms with van der Waals surface area (Å²) in [6.45, 7) is 0.0629. The van der Waals surface area contributed by atoms with E-state index in [4.69, 9.17) is 9.84 Å². The molecule has 0 atom stereocenters. The number of aromatic amines is 1. The number of nitrogens with zero attached hydrogens (tertiary/aromatic N) is 1. The predicted molar refractivity (Wildman–Crippen MR) is 141 cm³/mol. The van der Waals surface area contributed by atoms with Crippen molar-refractivity contribution in [1.29, 1.82) is 0 Å². The van der Waals surface area contributed by atoms with Gasteiger partial charge in [0.05, 0.1) is 27.4 Å². The standard InChI is InChI=1S/C28H27N3O6S/c32-27(33)20-8-6-18(7-9-20)17-37-28(34)21-10-12-22(13-11-21)31-38(35,36)23-14-15-24-25(16-23)30-26(29-24)19-4-2-1-3-5-19/h1-9,14-16,21-22,31H,10-13,17H2,(H,29,30)(H,32,33). The van der Waals surface area contributed by atoms with Crippen LogP contribution >= 0.6 is 0 Å². The molecule has 1 saturated carbocycles. The first-order valence-corrected chi connectivity index (χ1v) is 13.8. The summed E-state index contributed by atoms with van der Waals surface area (Å²) >= 11 is 0. The number of aromatic nitrogens is 2. The number of aromatic carboxylic acids is 1. The van der Waals surface area contributed by atoms with Crippen molar-refractivity contribution in [3.8, 4) is 11.4 Å². The molecule has 1 aliphatic carbocycles. The number of esters is 1. The number of fused-ring (bicyclic) bond motifs is 1. The zero-order valence-electron chi connectivity index (χ0n) is 20.5. The van der Waals surface area contributed by atoms with Gasteiger partial charge < -0.3 is 14.8 Å². The van der Waals surface area contributed by atoms with E-state index in [1.807, 2.05) is 30.3 Å². The zero-order chi connectivity index (χ0) is 26.7. The number of rotatable bonds is 8. The molecule has 9 nitrogen and oxygen atoms in total. The summed E-state index contributed by atoms with van der Waals surface area (Å²) in [7, 11) is -3.76. The molecule has 1 aliphatic rings. The lowest BCUT2D eigenvalue weighted by Gasteiger charge is -2.27. The van der Waals surface area contributed by atoms with E-state index in [0.29, 0.717) is 48.1 Å². The van der Waals surface area contributed by atoms with Gasteiger partial charge in [-0.15, -0.1) is 0 Å². The number of ether oxygens (including phenoxy) is 1. The molecule has 4 aromatic rings. The Hall–Kier alpha value is -4.02. The maximum absolute atomic E-state index is 13.1. The molecule has 0 aliphatic heterocycles. The summed E-state index contributed by atoms with van der Waals surface area (Å²) in [6.07, 6.45) is 2.08. The van der Waals surface area contributed by atoms with Crippen LogP contribution < -0.4 is 4.72 Å². The Kier molecular flexibility index (Phi) is 7.26. The van der Waals surface area contributed by atoms with Crippen molar-refractivity contribution >= 4 is 33.0 Å². The van der Waals surface area contributed by atoms with Crippen molar-refractivity contribution in [2.75, 3.05) is 0 Å². The number of imidazole rings is 1. The molecule has 196 valence electrons. The maximum atomic E-state index is 13.1. The predicted octanol–water partition coefficient (Wildman–Crippen LogP) is 4.51. The first-order chi connectivity index (χ1) is 18.3. The molecule has 0 unspecified atom stereocenters. The van der Waals surface area contributed by atoms with Crippen LogP contribution in [0.3, 0.4) is 0 Å². The van der Waals surface area contributed by atoms with Crippen LogP contribution in [0.4, 0.5) is 0 Å². The van der Waals surface area contributed by atoms with Crippen molar-refractivity contribution in [3.05, 3.63) is 83.9 Å². The Balaban J connectivity index is 1.15. The number of hydrogen-bond acceptors (Lipinski definition) is 6. The van der Waals surface area contributed by atoms with Crippen LogP contribution in [0.5, 0.6) is 0 Å². The largest absolute Gasteiger partial charge is 0.478 e. The lowest BCUT2D eigenvalue weighted by atomic mass is 9.86. The molecule has 38 heavy (non-hydrogen) atoms. The van der Waals surface area contributed by atoms with E-state index in [2.05, 4.69) is 14.7 Å². The lowest BCUT2D eigenvalue weighted by molar-refractivity contribution is -0.151. The van der Waals surface area contributed by atoms with Crippen LogP contribution in [-0.2, 0) is 26.2 Å². The van der Waals surface area contributed by atoms with Gasteiger partial charge in [-0.1, -0.05) is 42.5 Å². The lowest BCUT2D eigenvalue weighted by Crippen LogP contribution is -2.38. The number of benzene rings is 3. The fourth-order valence-corrected chi connectivity index (χ4v) is 5.97. The second-order valence-electron chi connectivity index (χ2n) is 9.41. The minimum Gasteiger partial charge on any atom is -0.478 e. The Bertz CT molecular complexity index is 1560. The molecule has 1 heterocycles. The Labute approximate surface area is 219 Å². The van der Waals surface area contributed by atoms with Gasteiger partial charge in [0.15, 0.2) is 0 Å². The quantitative estimate of drug-likeness (QED) is 0.283. The number of hydrogen-bond donors (Lipinski definition) is 3. The van der Waals surface area contributed by atoms with Crippen molar-refractivity contribution in [1.82, 2.24) is 14.7 Å². The molecule has 0 spiro atoms. The van der Waals surface area contributed by atoms with Crippen LogP contribution in [-0.4, -0.2) is 41.5 Å². The number of nitrogens with one attached hydrogen (secondary N) is 2. The third-order valence-corrected chi connectivity index (χ3v) is 8.29. The minimum absolute atomic E-state index is 0.0629. The highest BCUT2D eigenvalue weighted by molar-refractivity contribution is 7.89. The Morgan fingerprint density at radius 1 is 0.974 bits per heavy atom. The van der Waals surface area contributed by atoms with Crippen LogP contribution in [0.2, 0.25) is 0 Å². The third-order valence-electron chi connectivity index (χ3n) is 6.78. The molecule has 0 saturated heterocycles. The normalized spacial score (nSPS) is 17.8. The highest BCUT2D eigenvalue weighted by atomic mass is 32.2. The van der Waals surface area contributed by atoms with E-state index < -0.39 is 16.0 Å². The summed E-state index contributed by atoms with van der Waals surface area (Å²) in [5, 5.41) is 8.97. The Morgan fingerprint density at radius 3 is 2.37 bits per heavy atom. The van der Waals surface area contributed by atoms with Crippen molar-refractivity contribution in [2.24, 2.45) is 5.92 Å². The molecule has 0 radical (unpaired) electrons. The van der Waals surface area contributed by atoms with Crippen LogP contribution in [0.1, 0.15) is 41.6 Å². The first kappa shape index (κ1) is 25.6. The summed E-state index contributed by atoms with van der Waals surface area (Å²) in [5.74, 6) is -0.968. The SMILES string of the molecule is O=C(O)c1ccc(COC(=O)C2CCC(NS(=O)(=O)c3ccc4nc(-c5ccccc5)[nH]c4c3)CC2)cc1. The van der Waals surface area contributed by atoms with E-state index in [-0.39, 0.29) is 35.0 Å². The number of carbonyl (C=O) groups excluding carboxylic acids is 1. The van der Waals surface area contributed by atoms with E-state index >= 15 is 0 Å². The number of carbonyl (C=O) groups is 2. The van der Waals surface area contributed by atoms with E-state index in [1.54, 1.807) is 30.3 Å². The van der Waals surface area contributed by atoms with Gasteiger partial charge in [-0.05, 0) is 61.6 Å². The number of H-pyrrole nitrogens is 1. The molecule has 3 N–H and O–H groups in total. The Morgan fingerprint density at radius 2 is 1.68 bits per heavy atom. The van der Waals surface area contributed by atoms with E-state index in [1.165, 1.54) is 12.1 Å². The zero-order valence-corrected chi connectivity index (χ0v) is 21.3. The topological polar surface area (TPSA) is 138 Å². The van der Waals surface area contributed by atoms with Crippen molar-refractivity contribution in [3.63, 3.8) is 0 Å². The molecule has 5 rings (SSSR count). The van der Waals surface area contributed by atoms with Gasteiger partial charge in [0, 0.05) is 11.6 Å². The monoisotopic (exact) mass is 533 g/mol. The van der Waals surface area contributed by atoms with E-state index in [0.717, 1.165) is 5.56 Å². The molecule has 1 aromatic heterocycles. The molecule has 0 amide bonds. The van der Waals surface area contributed by atoms with Crippen molar-refractivity contribution in [2.45, 2.75) is 43.2 Å². The molecule has 10 heteroatoms. The fourth-order valence-electron chi connectivity index (χ4n) is 4.64. The molecule has 0 bridgehead atoms. The van der Waals surface area contributed by atoms with Gasteiger partial charge in [-0.2, -0.15) is 0 Å². The number of carboxylic acids is 1. The highest BCUT2D eigenvalue weighted by Crippen LogP contribution is 2.28. The van der Waals surface area contributed by atoms with E-state index in [9.17, 15) is 18.0 Å². The molecule has 1 fully saturated rings. The summed E-state index contributed by atoms with van der Waals surface area (Å²) in [5.41, 5.74) is 3.10. The van der Waals surface area contributed by atoms with Gasteiger partial charge in [-0.25, -0.2) is 22.9 Å². The molecular weight excluding hydrogens is 506 g/mol. The minimum atomic E-state index is -3.76. The van der Waals surface area contributed by atoms with Crippen LogP contribution in [0.25, 0.3) is 22.4 Å². The maximum Gasteiger partial charge on any atom is 0.335 e. The summed E-state index contributed by atoms with van der Waals surface area (Å²) in [6, 6.07) is 20.3. The van der Waals surface area contributed by atoms with Gasteiger partial charge in [-0.3, -0.25) is 4.79 Å². The highest BCUT2D eigenvalue weighted by Gasteiger charge is 2.30. The van der Waals surface area contributed by atoms with Gasteiger partial charge in [0.1, 0.15) is 12.4 Å². The van der Waals surface area contributed by atoms with Gasteiger partial charge >= 0.3 is 11.9 Å². The second-order valence-corrected chi connectivity index (χ2v) is 11.1. The third kappa shape index (κ3) is 5.76. The number of carboxylic acid groups (broad SMARTS) is 1. The van der Waals surface area contributed by atoms with Gasteiger partial charge in [0.25, 0.3) is 0 Å². The molecule has 3 aromatic carbocycles. The second kappa shape index (κ2) is 10.8.